The van der Waals surface area contributed by atoms with Gasteiger partial charge >= 0.3 is 0 Å². The average molecular weight is 400 g/mol. The van der Waals surface area contributed by atoms with Crippen LogP contribution in [0.3, 0.4) is 0 Å². The first kappa shape index (κ1) is 21.3. The number of carbonyl (C=O) groups excluding carboxylic acids is 2. The Morgan fingerprint density at radius 2 is 1.75 bits per heavy atom. The largest absolute Gasteiger partial charge is 0.504 e. The Morgan fingerprint density at radius 1 is 1.07 bits per heavy atom. The molecule has 2 aromatic rings. The molecule has 6 heteroatoms. The summed E-state index contributed by atoms with van der Waals surface area (Å²) in [5.74, 6) is -0.326. The number of anilines is 1. The second-order valence-corrected chi connectivity index (χ2v) is 6.71. The summed E-state index contributed by atoms with van der Waals surface area (Å²) in [4.78, 5) is 25.9. The summed E-state index contributed by atoms with van der Waals surface area (Å²) in [6.45, 7) is 0. The van der Waals surface area contributed by atoms with Gasteiger partial charge in [0, 0.05) is 24.8 Å². The van der Waals surface area contributed by atoms with Crippen molar-refractivity contribution in [2.45, 2.75) is 6.42 Å². The zero-order valence-electron chi connectivity index (χ0n) is 16.0. The lowest BCUT2D eigenvalue weighted by atomic mass is 10.1. The maximum Gasteiger partial charge on any atom is 0.163 e. The molecule has 0 aliphatic rings. The van der Waals surface area contributed by atoms with Crippen molar-refractivity contribution < 1.29 is 19.4 Å². The van der Waals surface area contributed by atoms with Crippen molar-refractivity contribution in [2.24, 2.45) is 0 Å². The van der Waals surface area contributed by atoms with Crippen LogP contribution in [0.1, 0.15) is 17.5 Å². The maximum atomic E-state index is 12.0. The SMILES string of the molecule is COc1ccc(/C=C/C(=O)CC(=O)/C=C/c2ccc(N(C)C)cc2Cl)cc1O. The van der Waals surface area contributed by atoms with Crippen LogP contribution in [0.2, 0.25) is 5.02 Å². The normalized spacial score (nSPS) is 11.1. The van der Waals surface area contributed by atoms with E-state index in [0.29, 0.717) is 21.9 Å². The van der Waals surface area contributed by atoms with Gasteiger partial charge in [-0.3, -0.25) is 9.59 Å². The molecule has 0 aliphatic heterocycles. The molecular formula is C22H22ClNO4. The van der Waals surface area contributed by atoms with Crippen molar-refractivity contribution in [1.29, 1.82) is 0 Å². The number of carbonyl (C=O) groups is 2. The first-order valence-electron chi connectivity index (χ1n) is 8.56. The Kier molecular flexibility index (Phi) is 7.41. The molecule has 0 fully saturated rings. The summed E-state index contributed by atoms with van der Waals surface area (Å²) in [7, 11) is 5.28. The van der Waals surface area contributed by atoms with Gasteiger partial charge in [-0.25, -0.2) is 0 Å². The Labute approximate surface area is 169 Å². The lowest BCUT2D eigenvalue weighted by Gasteiger charge is -2.13. The highest BCUT2D eigenvalue weighted by atomic mass is 35.5. The Bertz CT molecular complexity index is 932. The number of methoxy groups -OCH3 is 1. The van der Waals surface area contributed by atoms with Gasteiger partial charge in [-0.15, -0.1) is 0 Å². The highest BCUT2D eigenvalue weighted by molar-refractivity contribution is 6.32. The van der Waals surface area contributed by atoms with E-state index in [4.69, 9.17) is 16.3 Å². The van der Waals surface area contributed by atoms with Gasteiger partial charge in [0.05, 0.1) is 13.5 Å². The molecule has 0 atom stereocenters. The molecule has 0 unspecified atom stereocenters. The van der Waals surface area contributed by atoms with Crippen molar-refractivity contribution >= 4 is 41.0 Å². The first-order valence-corrected chi connectivity index (χ1v) is 8.93. The summed E-state index contributed by atoms with van der Waals surface area (Å²) < 4.78 is 4.96. The zero-order valence-corrected chi connectivity index (χ0v) is 16.7. The van der Waals surface area contributed by atoms with Gasteiger partial charge in [0.15, 0.2) is 23.1 Å². The molecule has 2 rings (SSSR count). The van der Waals surface area contributed by atoms with E-state index in [1.165, 1.54) is 31.4 Å². The number of benzene rings is 2. The molecule has 146 valence electrons. The number of rotatable bonds is 8. The molecule has 0 bridgehead atoms. The number of hydrogen-bond acceptors (Lipinski definition) is 5. The molecular weight excluding hydrogens is 378 g/mol. The van der Waals surface area contributed by atoms with E-state index < -0.39 is 0 Å². The average Bonchev–Trinajstić information content (AvgIpc) is 2.65. The smallest absolute Gasteiger partial charge is 0.163 e. The van der Waals surface area contributed by atoms with E-state index >= 15 is 0 Å². The van der Waals surface area contributed by atoms with Gasteiger partial charge in [0.1, 0.15) is 0 Å². The molecule has 0 amide bonds. The zero-order chi connectivity index (χ0) is 20.7. The number of aromatic hydroxyl groups is 1. The second-order valence-electron chi connectivity index (χ2n) is 6.31. The maximum absolute atomic E-state index is 12.0. The van der Waals surface area contributed by atoms with Crippen LogP contribution in [0.5, 0.6) is 11.5 Å². The van der Waals surface area contributed by atoms with Gasteiger partial charge in [-0.1, -0.05) is 29.8 Å². The predicted octanol–water partition coefficient (Wildman–Crippen LogP) is 4.38. The number of phenolic OH excluding ortho intramolecular Hbond substituents is 1. The molecule has 0 saturated heterocycles. The van der Waals surface area contributed by atoms with E-state index in [1.54, 1.807) is 18.2 Å². The molecule has 0 aromatic heterocycles. The minimum Gasteiger partial charge on any atom is -0.504 e. The fourth-order valence-electron chi connectivity index (χ4n) is 2.40. The van der Waals surface area contributed by atoms with Gasteiger partial charge in [0.2, 0.25) is 0 Å². The number of ether oxygens (including phenoxy) is 1. The number of halogens is 1. The van der Waals surface area contributed by atoms with E-state index in [9.17, 15) is 14.7 Å². The highest BCUT2D eigenvalue weighted by Gasteiger charge is 2.06. The second kappa shape index (κ2) is 9.76. The third kappa shape index (κ3) is 5.99. The van der Waals surface area contributed by atoms with Crippen molar-refractivity contribution in [3.8, 4) is 11.5 Å². The van der Waals surface area contributed by atoms with Crippen LogP contribution in [-0.4, -0.2) is 37.9 Å². The van der Waals surface area contributed by atoms with Crippen LogP contribution in [0, 0.1) is 0 Å². The van der Waals surface area contributed by atoms with Crippen molar-refractivity contribution in [2.75, 3.05) is 26.1 Å². The fourth-order valence-corrected chi connectivity index (χ4v) is 2.64. The van der Waals surface area contributed by atoms with Gasteiger partial charge in [0.25, 0.3) is 0 Å². The summed E-state index contributed by atoms with van der Waals surface area (Å²) in [5, 5.41) is 10.3. The molecule has 0 radical (unpaired) electrons. The summed E-state index contributed by atoms with van der Waals surface area (Å²) in [6.07, 6.45) is 5.55. The van der Waals surface area contributed by atoms with Crippen LogP contribution in [0.4, 0.5) is 5.69 Å². The molecule has 2 aromatic carbocycles. The fraction of sp³-hybridized carbons (Fsp3) is 0.182. The number of hydrogen-bond donors (Lipinski definition) is 1. The molecule has 0 spiro atoms. The van der Waals surface area contributed by atoms with E-state index in [2.05, 4.69) is 0 Å². The van der Waals surface area contributed by atoms with Crippen LogP contribution in [0.15, 0.2) is 48.6 Å². The van der Waals surface area contributed by atoms with E-state index in [1.807, 2.05) is 37.2 Å². The monoisotopic (exact) mass is 399 g/mol. The van der Waals surface area contributed by atoms with E-state index in [-0.39, 0.29) is 23.7 Å². The first-order chi connectivity index (χ1) is 13.3. The van der Waals surface area contributed by atoms with Gasteiger partial charge in [-0.2, -0.15) is 0 Å². The standard InChI is InChI=1S/C22H22ClNO4/c1-24(2)17-8-6-16(20(23)13-17)7-10-19(26)14-18(25)9-4-15-5-11-22(28-3)21(27)12-15/h4-13,27H,14H2,1-3H3/b9-4+,10-7+. The lowest BCUT2D eigenvalue weighted by Crippen LogP contribution is -2.08. The molecule has 0 saturated carbocycles. The molecule has 5 nitrogen and oxygen atoms in total. The molecule has 1 N–H and O–H groups in total. The molecule has 0 heterocycles. The Balaban J connectivity index is 1.96. The number of ketones is 2. The quantitative estimate of drug-likeness (QED) is 0.527. The minimum absolute atomic E-state index is 0.0201. The van der Waals surface area contributed by atoms with Crippen molar-refractivity contribution in [1.82, 2.24) is 0 Å². The van der Waals surface area contributed by atoms with Crippen LogP contribution in [0.25, 0.3) is 12.2 Å². The third-order valence-electron chi connectivity index (χ3n) is 3.96. The number of nitrogens with zero attached hydrogens (tertiary/aromatic N) is 1. The van der Waals surface area contributed by atoms with Gasteiger partial charge < -0.3 is 14.7 Å². The number of allylic oxidation sites excluding steroid dienone is 2. The van der Waals surface area contributed by atoms with Crippen LogP contribution < -0.4 is 9.64 Å². The summed E-state index contributed by atoms with van der Waals surface area (Å²) >= 11 is 6.22. The highest BCUT2D eigenvalue weighted by Crippen LogP contribution is 2.26. The Hall–Kier alpha value is -3.05. The third-order valence-corrected chi connectivity index (χ3v) is 4.29. The summed E-state index contributed by atoms with van der Waals surface area (Å²) in [5.41, 5.74) is 2.29. The lowest BCUT2D eigenvalue weighted by molar-refractivity contribution is -0.121. The number of phenols is 1. The molecule has 28 heavy (non-hydrogen) atoms. The van der Waals surface area contributed by atoms with Crippen LogP contribution >= 0.6 is 11.6 Å². The van der Waals surface area contributed by atoms with Crippen molar-refractivity contribution in [3.63, 3.8) is 0 Å². The topological polar surface area (TPSA) is 66.8 Å². The molecule has 0 aliphatic carbocycles. The van der Waals surface area contributed by atoms with Crippen LogP contribution in [-0.2, 0) is 9.59 Å². The van der Waals surface area contributed by atoms with Crippen molar-refractivity contribution in [3.05, 3.63) is 64.7 Å². The predicted molar refractivity (Wildman–Crippen MR) is 113 cm³/mol. The minimum atomic E-state index is -0.334. The Morgan fingerprint density at radius 3 is 2.32 bits per heavy atom. The summed E-state index contributed by atoms with van der Waals surface area (Å²) in [6, 6.07) is 10.3. The van der Waals surface area contributed by atoms with Gasteiger partial charge in [-0.05, 0) is 53.6 Å². The van der Waals surface area contributed by atoms with E-state index in [0.717, 1.165) is 5.69 Å².